The molecule has 2 heteroatoms. The molecule has 0 aliphatic heterocycles. The summed E-state index contributed by atoms with van der Waals surface area (Å²) in [5.41, 5.74) is 0.196. The summed E-state index contributed by atoms with van der Waals surface area (Å²) in [6.07, 6.45) is 2.64. The Labute approximate surface area is 79.7 Å². The van der Waals surface area contributed by atoms with Gasteiger partial charge in [-0.15, -0.1) is 0 Å². The summed E-state index contributed by atoms with van der Waals surface area (Å²) >= 11 is 0. The Morgan fingerprint density at radius 3 is 1.85 bits per heavy atom. The Balaban J connectivity index is 2.63. The summed E-state index contributed by atoms with van der Waals surface area (Å²) in [4.78, 5) is 0. The van der Waals surface area contributed by atoms with Gasteiger partial charge < -0.3 is 0 Å². The smallest absolute Gasteiger partial charge is 0.207 e. The van der Waals surface area contributed by atoms with Gasteiger partial charge in [-0.3, -0.25) is 0 Å². The first-order valence-corrected chi connectivity index (χ1v) is 5.30. The van der Waals surface area contributed by atoms with Gasteiger partial charge in [-0.25, -0.2) is 8.78 Å². The van der Waals surface area contributed by atoms with E-state index in [2.05, 4.69) is 20.8 Å². The molecule has 0 nitrogen and oxygen atoms in total. The predicted octanol–water partition coefficient (Wildman–Crippen LogP) is 4.25. The maximum absolute atomic E-state index is 12.9. The second-order valence-electron chi connectivity index (χ2n) is 4.73. The third kappa shape index (κ3) is 2.21. The lowest BCUT2D eigenvalue weighted by molar-refractivity contribution is -0.0787. The van der Waals surface area contributed by atoms with Gasteiger partial charge in [0, 0.05) is 12.8 Å². The van der Waals surface area contributed by atoms with Gasteiger partial charge in [-0.2, -0.15) is 0 Å². The molecule has 0 bridgehead atoms. The van der Waals surface area contributed by atoms with Gasteiger partial charge in [0.2, 0.25) is 5.92 Å². The highest BCUT2D eigenvalue weighted by molar-refractivity contribution is 4.89. The van der Waals surface area contributed by atoms with Crippen LogP contribution in [0, 0.1) is 11.3 Å². The van der Waals surface area contributed by atoms with Crippen molar-refractivity contribution < 1.29 is 8.78 Å². The molecule has 0 aromatic heterocycles. The van der Waals surface area contributed by atoms with Crippen molar-refractivity contribution >= 4 is 0 Å². The molecule has 0 unspecified atom stereocenters. The van der Waals surface area contributed by atoms with Crippen LogP contribution in [0.1, 0.15) is 52.9 Å². The van der Waals surface area contributed by atoms with Gasteiger partial charge >= 0.3 is 0 Å². The molecule has 0 saturated heterocycles. The topological polar surface area (TPSA) is 0 Å². The van der Waals surface area contributed by atoms with Crippen LogP contribution in [-0.2, 0) is 0 Å². The van der Waals surface area contributed by atoms with Crippen molar-refractivity contribution in [1.82, 2.24) is 0 Å². The van der Waals surface area contributed by atoms with E-state index in [-0.39, 0.29) is 18.3 Å². The minimum Gasteiger partial charge on any atom is -0.207 e. The lowest BCUT2D eigenvalue weighted by Crippen LogP contribution is -2.36. The van der Waals surface area contributed by atoms with Crippen LogP contribution in [0.25, 0.3) is 0 Å². The maximum Gasteiger partial charge on any atom is 0.248 e. The fourth-order valence-electron chi connectivity index (χ4n) is 2.45. The van der Waals surface area contributed by atoms with E-state index in [0.29, 0.717) is 18.8 Å². The first kappa shape index (κ1) is 10.9. The van der Waals surface area contributed by atoms with Crippen LogP contribution in [0.5, 0.6) is 0 Å². The predicted molar refractivity (Wildman–Crippen MR) is 51.0 cm³/mol. The standard InChI is InChI=1S/C11H20F2/c1-4-10(9(2)3)5-7-11(12,13)8-6-10/h9H,4-8H2,1-3H3. The maximum atomic E-state index is 12.9. The Morgan fingerprint density at radius 1 is 1.08 bits per heavy atom. The fraction of sp³-hybridized carbons (Fsp3) is 1.00. The van der Waals surface area contributed by atoms with E-state index in [1.165, 1.54) is 0 Å². The van der Waals surface area contributed by atoms with E-state index in [0.717, 1.165) is 6.42 Å². The van der Waals surface area contributed by atoms with Crippen LogP contribution < -0.4 is 0 Å². The van der Waals surface area contributed by atoms with Crippen LogP contribution >= 0.6 is 0 Å². The summed E-state index contributed by atoms with van der Waals surface area (Å²) < 4.78 is 25.9. The van der Waals surface area contributed by atoms with Crippen molar-refractivity contribution in [2.75, 3.05) is 0 Å². The Hall–Kier alpha value is -0.140. The first-order chi connectivity index (χ1) is 5.92. The zero-order valence-corrected chi connectivity index (χ0v) is 8.87. The fourth-order valence-corrected chi connectivity index (χ4v) is 2.45. The molecule has 1 rings (SSSR count). The molecule has 0 heterocycles. The normalized spacial score (nSPS) is 26.3. The highest BCUT2D eigenvalue weighted by atomic mass is 19.3. The van der Waals surface area contributed by atoms with Crippen LogP contribution in [0.4, 0.5) is 8.78 Å². The van der Waals surface area contributed by atoms with Gasteiger partial charge in [0.1, 0.15) is 0 Å². The summed E-state index contributed by atoms with van der Waals surface area (Å²) in [6.45, 7) is 6.45. The molecule has 0 amide bonds. The summed E-state index contributed by atoms with van der Waals surface area (Å²) in [5, 5.41) is 0. The van der Waals surface area contributed by atoms with Crippen molar-refractivity contribution in [1.29, 1.82) is 0 Å². The average molecular weight is 190 g/mol. The number of alkyl halides is 2. The van der Waals surface area contributed by atoms with Crippen molar-refractivity contribution in [3.63, 3.8) is 0 Å². The zero-order valence-electron chi connectivity index (χ0n) is 8.87. The largest absolute Gasteiger partial charge is 0.248 e. The third-order valence-corrected chi connectivity index (χ3v) is 3.91. The Kier molecular flexibility index (Phi) is 2.98. The van der Waals surface area contributed by atoms with Gasteiger partial charge in [0.05, 0.1) is 0 Å². The van der Waals surface area contributed by atoms with Crippen LogP contribution in [-0.4, -0.2) is 5.92 Å². The number of rotatable bonds is 2. The number of hydrogen-bond donors (Lipinski definition) is 0. The quantitative estimate of drug-likeness (QED) is 0.610. The van der Waals surface area contributed by atoms with Gasteiger partial charge in [0.25, 0.3) is 0 Å². The molecule has 0 aromatic carbocycles. The number of hydrogen-bond acceptors (Lipinski definition) is 0. The second kappa shape index (κ2) is 3.55. The zero-order chi connectivity index (χ0) is 10.1. The van der Waals surface area contributed by atoms with Gasteiger partial charge in [-0.05, 0) is 24.2 Å². The molecule has 13 heavy (non-hydrogen) atoms. The van der Waals surface area contributed by atoms with Crippen LogP contribution in [0.3, 0.4) is 0 Å². The van der Waals surface area contributed by atoms with E-state index in [1.807, 2.05) is 0 Å². The molecule has 0 N–H and O–H groups in total. The number of halogens is 2. The summed E-state index contributed by atoms with van der Waals surface area (Å²) in [6, 6.07) is 0. The lowest BCUT2D eigenvalue weighted by atomic mass is 9.65. The first-order valence-electron chi connectivity index (χ1n) is 5.30. The highest BCUT2D eigenvalue weighted by Gasteiger charge is 2.43. The molecule has 1 saturated carbocycles. The van der Waals surface area contributed by atoms with E-state index >= 15 is 0 Å². The third-order valence-electron chi connectivity index (χ3n) is 3.91. The van der Waals surface area contributed by atoms with E-state index in [9.17, 15) is 8.78 Å². The summed E-state index contributed by atoms with van der Waals surface area (Å²) in [5.74, 6) is -1.85. The molecule has 1 fully saturated rings. The molecule has 1 aliphatic rings. The highest BCUT2D eigenvalue weighted by Crippen LogP contribution is 2.49. The molecule has 0 aromatic rings. The van der Waals surface area contributed by atoms with Crippen molar-refractivity contribution in [2.24, 2.45) is 11.3 Å². The SMILES string of the molecule is CCC1(C(C)C)CCC(F)(F)CC1. The molecule has 0 radical (unpaired) electrons. The molecule has 0 spiro atoms. The average Bonchev–Trinajstić information content (AvgIpc) is 2.05. The molecular formula is C11H20F2. The van der Waals surface area contributed by atoms with E-state index in [4.69, 9.17) is 0 Å². The monoisotopic (exact) mass is 190 g/mol. The molecule has 1 aliphatic carbocycles. The van der Waals surface area contributed by atoms with E-state index in [1.54, 1.807) is 0 Å². The molecule has 0 atom stereocenters. The van der Waals surface area contributed by atoms with Crippen molar-refractivity contribution in [3.8, 4) is 0 Å². The van der Waals surface area contributed by atoms with Crippen LogP contribution in [0.2, 0.25) is 0 Å². The Bertz CT molecular complexity index is 163. The molecular weight excluding hydrogens is 170 g/mol. The second-order valence-corrected chi connectivity index (χ2v) is 4.73. The van der Waals surface area contributed by atoms with Gasteiger partial charge in [-0.1, -0.05) is 27.2 Å². The van der Waals surface area contributed by atoms with Crippen molar-refractivity contribution in [2.45, 2.75) is 58.8 Å². The Morgan fingerprint density at radius 2 is 1.54 bits per heavy atom. The summed E-state index contributed by atoms with van der Waals surface area (Å²) in [7, 11) is 0. The van der Waals surface area contributed by atoms with E-state index < -0.39 is 5.92 Å². The lowest BCUT2D eigenvalue weighted by Gasteiger charge is -2.42. The minimum atomic E-state index is -2.38. The minimum absolute atomic E-state index is 0.0962. The van der Waals surface area contributed by atoms with Crippen molar-refractivity contribution in [3.05, 3.63) is 0 Å². The molecule has 78 valence electrons. The van der Waals surface area contributed by atoms with Gasteiger partial charge in [0.15, 0.2) is 0 Å². The van der Waals surface area contributed by atoms with Crippen LogP contribution in [0.15, 0.2) is 0 Å².